The number of amides is 1. The van der Waals surface area contributed by atoms with Crippen LogP contribution in [0.2, 0.25) is 5.02 Å². The van der Waals surface area contributed by atoms with E-state index in [0.717, 1.165) is 5.56 Å². The van der Waals surface area contributed by atoms with Gasteiger partial charge in [-0.3, -0.25) is 4.79 Å². The second-order valence-electron chi connectivity index (χ2n) is 7.40. The minimum atomic E-state index is -0.506. The van der Waals surface area contributed by atoms with Gasteiger partial charge < -0.3 is 20.5 Å². The summed E-state index contributed by atoms with van der Waals surface area (Å²) >= 11 is 6.10. The number of ether oxygens (including phenoxy) is 1. The molecular formula is C23H24ClN5O3. The SMILES string of the molecule is COc1ccccc1NC(=O)C1=C(C)Nc2nc(CCCO)nn2C1c1ccc(Cl)cc1. The number of aryl methyl sites for hydroxylation is 1. The minimum absolute atomic E-state index is 0.0573. The van der Waals surface area contributed by atoms with Gasteiger partial charge in [-0.15, -0.1) is 0 Å². The number of halogens is 1. The fourth-order valence-electron chi connectivity index (χ4n) is 3.72. The number of aliphatic hydroxyl groups excluding tert-OH is 1. The third-order valence-corrected chi connectivity index (χ3v) is 5.49. The van der Waals surface area contributed by atoms with Crippen molar-refractivity contribution in [3.63, 3.8) is 0 Å². The van der Waals surface area contributed by atoms with Gasteiger partial charge in [0.15, 0.2) is 5.82 Å². The zero-order chi connectivity index (χ0) is 22.7. The van der Waals surface area contributed by atoms with E-state index in [1.807, 2.05) is 31.2 Å². The number of rotatable bonds is 7. The number of hydrogen-bond donors (Lipinski definition) is 3. The number of para-hydroxylation sites is 2. The molecule has 0 saturated carbocycles. The first kappa shape index (κ1) is 21.9. The van der Waals surface area contributed by atoms with Crippen molar-refractivity contribution in [1.82, 2.24) is 14.8 Å². The third kappa shape index (κ3) is 4.32. The maximum atomic E-state index is 13.5. The summed E-state index contributed by atoms with van der Waals surface area (Å²) in [5.41, 5.74) is 2.60. The summed E-state index contributed by atoms with van der Waals surface area (Å²) in [6.45, 7) is 1.90. The minimum Gasteiger partial charge on any atom is -0.495 e. The number of allylic oxidation sites excluding steroid dienone is 1. The Bertz CT molecular complexity index is 1160. The molecule has 0 saturated heterocycles. The molecule has 1 aromatic heterocycles. The van der Waals surface area contributed by atoms with Crippen LogP contribution in [-0.4, -0.2) is 39.5 Å². The summed E-state index contributed by atoms with van der Waals surface area (Å²) in [6.07, 6.45) is 1.09. The number of methoxy groups -OCH3 is 1. The number of hydrogen-bond acceptors (Lipinski definition) is 6. The molecule has 0 aliphatic carbocycles. The van der Waals surface area contributed by atoms with Gasteiger partial charge in [0, 0.05) is 23.7 Å². The molecule has 0 radical (unpaired) electrons. The summed E-state index contributed by atoms with van der Waals surface area (Å²) in [4.78, 5) is 18.1. The van der Waals surface area contributed by atoms with Gasteiger partial charge in [0.1, 0.15) is 11.8 Å². The zero-order valence-electron chi connectivity index (χ0n) is 17.8. The van der Waals surface area contributed by atoms with Gasteiger partial charge in [-0.05, 0) is 43.2 Å². The Morgan fingerprint density at radius 2 is 2.00 bits per heavy atom. The number of carbonyl (C=O) groups excluding carboxylic acids is 1. The topological polar surface area (TPSA) is 101 Å². The average Bonchev–Trinajstić information content (AvgIpc) is 3.20. The van der Waals surface area contributed by atoms with Crippen molar-refractivity contribution in [3.05, 3.63) is 76.2 Å². The van der Waals surface area contributed by atoms with Crippen molar-refractivity contribution in [1.29, 1.82) is 0 Å². The monoisotopic (exact) mass is 453 g/mol. The molecule has 32 heavy (non-hydrogen) atoms. The maximum absolute atomic E-state index is 13.5. The lowest BCUT2D eigenvalue weighted by molar-refractivity contribution is -0.113. The number of anilines is 2. The van der Waals surface area contributed by atoms with Gasteiger partial charge in [0.05, 0.1) is 18.4 Å². The van der Waals surface area contributed by atoms with E-state index in [2.05, 4.69) is 20.7 Å². The first-order valence-electron chi connectivity index (χ1n) is 10.3. The standard InChI is InChI=1S/C23H24ClN5O3/c1-14-20(22(31)26-17-6-3-4-7-18(17)32-2)21(15-9-11-16(24)12-10-15)29-23(25-14)27-19(28-29)8-5-13-30/h3-4,6-7,9-12,21,30H,5,8,13H2,1-2H3,(H,26,31)(H,25,27,28). The molecule has 1 aliphatic rings. The van der Waals surface area contributed by atoms with Gasteiger partial charge in [0.2, 0.25) is 5.95 Å². The smallest absolute Gasteiger partial charge is 0.255 e. The van der Waals surface area contributed by atoms with Crippen LogP contribution in [-0.2, 0) is 11.2 Å². The molecule has 3 N–H and O–H groups in total. The Balaban J connectivity index is 1.76. The van der Waals surface area contributed by atoms with Crippen molar-refractivity contribution in [2.45, 2.75) is 25.8 Å². The first-order valence-corrected chi connectivity index (χ1v) is 10.6. The summed E-state index contributed by atoms with van der Waals surface area (Å²) < 4.78 is 7.08. The molecule has 3 aromatic rings. The van der Waals surface area contributed by atoms with Crippen LogP contribution < -0.4 is 15.4 Å². The lowest BCUT2D eigenvalue weighted by Gasteiger charge is -2.29. The molecule has 0 spiro atoms. The molecule has 1 amide bonds. The number of aliphatic hydroxyl groups is 1. The quantitative estimate of drug-likeness (QED) is 0.503. The number of benzene rings is 2. The van der Waals surface area contributed by atoms with Gasteiger partial charge >= 0.3 is 0 Å². The normalized spacial score (nSPS) is 15.2. The third-order valence-electron chi connectivity index (χ3n) is 5.24. The highest BCUT2D eigenvalue weighted by atomic mass is 35.5. The number of nitrogens with one attached hydrogen (secondary N) is 2. The molecule has 9 heteroatoms. The second-order valence-corrected chi connectivity index (χ2v) is 7.83. The predicted molar refractivity (Wildman–Crippen MR) is 123 cm³/mol. The van der Waals surface area contributed by atoms with Crippen LogP contribution in [0.1, 0.15) is 30.8 Å². The molecule has 2 aromatic carbocycles. The zero-order valence-corrected chi connectivity index (χ0v) is 18.6. The summed E-state index contributed by atoms with van der Waals surface area (Å²) in [6, 6.07) is 14.1. The van der Waals surface area contributed by atoms with E-state index in [-0.39, 0.29) is 12.5 Å². The molecule has 2 heterocycles. The van der Waals surface area contributed by atoms with E-state index in [9.17, 15) is 4.79 Å². The van der Waals surface area contributed by atoms with Crippen LogP contribution >= 0.6 is 11.6 Å². The highest BCUT2D eigenvalue weighted by Gasteiger charge is 2.34. The number of fused-ring (bicyclic) bond motifs is 1. The van der Waals surface area contributed by atoms with Crippen LogP contribution in [0.5, 0.6) is 5.75 Å². The molecule has 8 nitrogen and oxygen atoms in total. The van der Waals surface area contributed by atoms with Crippen LogP contribution in [0.15, 0.2) is 59.8 Å². The molecule has 1 aliphatic heterocycles. The average molecular weight is 454 g/mol. The fourth-order valence-corrected chi connectivity index (χ4v) is 3.85. The van der Waals surface area contributed by atoms with Crippen molar-refractivity contribution in [2.75, 3.05) is 24.4 Å². The number of carbonyl (C=O) groups is 1. The van der Waals surface area contributed by atoms with Gasteiger partial charge in [-0.2, -0.15) is 10.1 Å². The van der Waals surface area contributed by atoms with Crippen molar-refractivity contribution >= 4 is 29.1 Å². The maximum Gasteiger partial charge on any atom is 0.255 e. The highest BCUT2D eigenvalue weighted by molar-refractivity contribution is 6.30. The fraction of sp³-hybridized carbons (Fsp3) is 0.261. The Morgan fingerprint density at radius 1 is 1.25 bits per heavy atom. The van der Waals surface area contributed by atoms with Gasteiger partial charge in [0.25, 0.3) is 5.91 Å². The van der Waals surface area contributed by atoms with Crippen LogP contribution in [0.3, 0.4) is 0 Å². The van der Waals surface area contributed by atoms with Crippen molar-refractivity contribution < 1.29 is 14.6 Å². The molecule has 0 fully saturated rings. The van der Waals surface area contributed by atoms with E-state index in [4.69, 9.17) is 21.4 Å². The van der Waals surface area contributed by atoms with E-state index in [1.54, 1.807) is 36.1 Å². The lowest BCUT2D eigenvalue weighted by atomic mass is 9.95. The van der Waals surface area contributed by atoms with E-state index >= 15 is 0 Å². The lowest BCUT2D eigenvalue weighted by Crippen LogP contribution is -2.31. The molecule has 1 unspecified atom stereocenters. The Morgan fingerprint density at radius 3 is 2.72 bits per heavy atom. The second kappa shape index (κ2) is 9.42. The molecule has 1 atom stereocenters. The number of aromatic nitrogens is 3. The Hall–Kier alpha value is -3.36. The van der Waals surface area contributed by atoms with E-state index in [0.29, 0.717) is 52.3 Å². The summed E-state index contributed by atoms with van der Waals surface area (Å²) in [7, 11) is 1.56. The van der Waals surface area contributed by atoms with Crippen LogP contribution in [0, 0.1) is 0 Å². The van der Waals surface area contributed by atoms with E-state index < -0.39 is 6.04 Å². The predicted octanol–water partition coefficient (Wildman–Crippen LogP) is 3.79. The largest absolute Gasteiger partial charge is 0.495 e. The highest BCUT2D eigenvalue weighted by Crippen LogP contribution is 2.36. The van der Waals surface area contributed by atoms with Gasteiger partial charge in [-0.25, -0.2) is 4.68 Å². The molecule has 166 valence electrons. The summed E-state index contributed by atoms with van der Waals surface area (Å²) in [5.74, 6) is 1.43. The van der Waals surface area contributed by atoms with Crippen LogP contribution in [0.25, 0.3) is 0 Å². The van der Waals surface area contributed by atoms with Crippen LogP contribution in [0.4, 0.5) is 11.6 Å². The summed E-state index contributed by atoms with van der Waals surface area (Å²) in [5, 5.41) is 20.6. The number of nitrogens with zero attached hydrogens (tertiary/aromatic N) is 3. The Kier molecular flexibility index (Phi) is 6.43. The molecule has 0 bridgehead atoms. The van der Waals surface area contributed by atoms with Gasteiger partial charge in [-0.1, -0.05) is 35.9 Å². The van der Waals surface area contributed by atoms with Crippen molar-refractivity contribution in [3.8, 4) is 5.75 Å². The first-order chi connectivity index (χ1) is 15.5. The van der Waals surface area contributed by atoms with Crippen molar-refractivity contribution in [2.24, 2.45) is 0 Å². The molecular weight excluding hydrogens is 430 g/mol. The Labute approximate surface area is 190 Å². The molecule has 4 rings (SSSR count). The van der Waals surface area contributed by atoms with E-state index in [1.165, 1.54) is 0 Å².